The van der Waals surface area contributed by atoms with Gasteiger partial charge in [0, 0.05) is 20.0 Å². The van der Waals surface area contributed by atoms with Crippen molar-refractivity contribution in [3.8, 4) is 5.75 Å². The molecule has 0 aromatic heterocycles. The Labute approximate surface area is 155 Å². The molecule has 0 atom stereocenters. The number of hydrogen-bond donors (Lipinski definition) is 2. The second-order valence-corrected chi connectivity index (χ2v) is 8.15. The van der Waals surface area contributed by atoms with Gasteiger partial charge < -0.3 is 15.4 Å². The highest BCUT2D eigenvalue weighted by molar-refractivity contribution is 7.89. The Bertz CT molecular complexity index is 771. The Balaban J connectivity index is 3.27. The van der Waals surface area contributed by atoms with Crippen molar-refractivity contribution in [2.45, 2.75) is 45.1 Å². The Hall–Kier alpha value is -2.13. The van der Waals surface area contributed by atoms with Crippen LogP contribution in [0.25, 0.3) is 0 Å². The summed E-state index contributed by atoms with van der Waals surface area (Å²) < 4.78 is 31.9. The second-order valence-electron chi connectivity index (χ2n) is 6.21. The number of anilines is 1. The predicted octanol–water partition coefficient (Wildman–Crippen LogP) is 1.58. The number of sulfonamides is 1. The standard InChI is InChI=1S/C17H27N3O5S/c1-7-20(8-2)26(23,24)13-9-10-15(25-6)14(11-13)18-16(22)17(4,5)19-12(3)21/h9-11H,7-8H2,1-6H3,(H,18,22)(H,19,21). The molecule has 1 rings (SSSR count). The van der Waals surface area contributed by atoms with Crippen molar-refractivity contribution in [2.75, 3.05) is 25.5 Å². The molecule has 0 unspecified atom stereocenters. The third kappa shape index (κ3) is 4.95. The minimum atomic E-state index is -3.68. The molecule has 1 aromatic carbocycles. The molecule has 0 aliphatic rings. The molecule has 0 aliphatic carbocycles. The van der Waals surface area contributed by atoms with Crippen LogP contribution in [0.3, 0.4) is 0 Å². The smallest absolute Gasteiger partial charge is 0.249 e. The van der Waals surface area contributed by atoms with Crippen molar-refractivity contribution in [3.63, 3.8) is 0 Å². The van der Waals surface area contributed by atoms with Crippen LogP contribution in [0.4, 0.5) is 5.69 Å². The van der Waals surface area contributed by atoms with Gasteiger partial charge in [0.05, 0.1) is 17.7 Å². The van der Waals surface area contributed by atoms with Crippen molar-refractivity contribution < 1.29 is 22.7 Å². The fourth-order valence-electron chi connectivity index (χ4n) is 2.43. The van der Waals surface area contributed by atoms with E-state index in [0.717, 1.165) is 0 Å². The minimum Gasteiger partial charge on any atom is -0.495 e. The number of methoxy groups -OCH3 is 1. The first-order chi connectivity index (χ1) is 12.0. The van der Waals surface area contributed by atoms with Crippen LogP contribution in [-0.2, 0) is 19.6 Å². The number of rotatable bonds is 8. The maximum absolute atomic E-state index is 12.7. The van der Waals surface area contributed by atoms with Crippen molar-refractivity contribution in [2.24, 2.45) is 0 Å². The van der Waals surface area contributed by atoms with Crippen LogP contribution < -0.4 is 15.4 Å². The topological polar surface area (TPSA) is 105 Å². The number of carbonyl (C=O) groups excluding carboxylic acids is 2. The molecule has 0 spiro atoms. The molecule has 0 bridgehead atoms. The lowest BCUT2D eigenvalue weighted by molar-refractivity contribution is -0.128. The summed E-state index contributed by atoms with van der Waals surface area (Å²) in [6.07, 6.45) is 0. The highest BCUT2D eigenvalue weighted by atomic mass is 32.2. The molecule has 0 aliphatic heterocycles. The molecule has 0 radical (unpaired) electrons. The van der Waals surface area contributed by atoms with E-state index >= 15 is 0 Å². The Morgan fingerprint density at radius 2 is 1.77 bits per heavy atom. The summed E-state index contributed by atoms with van der Waals surface area (Å²) in [5, 5.41) is 5.17. The largest absolute Gasteiger partial charge is 0.495 e. The zero-order chi connectivity index (χ0) is 20.1. The number of amides is 2. The summed E-state index contributed by atoms with van der Waals surface area (Å²) in [4.78, 5) is 23.8. The van der Waals surface area contributed by atoms with Crippen molar-refractivity contribution in [1.82, 2.24) is 9.62 Å². The molecular weight excluding hydrogens is 358 g/mol. The quantitative estimate of drug-likeness (QED) is 0.707. The summed E-state index contributed by atoms with van der Waals surface area (Å²) >= 11 is 0. The lowest BCUT2D eigenvalue weighted by atomic mass is 10.0. The first-order valence-electron chi connectivity index (χ1n) is 8.28. The third-order valence-corrected chi connectivity index (χ3v) is 5.86. The number of nitrogens with one attached hydrogen (secondary N) is 2. The van der Waals surface area contributed by atoms with Crippen LogP contribution in [0.5, 0.6) is 5.75 Å². The van der Waals surface area contributed by atoms with Gasteiger partial charge in [-0.2, -0.15) is 4.31 Å². The molecule has 2 N–H and O–H groups in total. The average Bonchev–Trinajstić information content (AvgIpc) is 2.54. The van der Waals surface area contributed by atoms with Gasteiger partial charge in [0.2, 0.25) is 21.8 Å². The molecule has 8 nitrogen and oxygen atoms in total. The monoisotopic (exact) mass is 385 g/mol. The Morgan fingerprint density at radius 1 is 1.19 bits per heavy atom. The minimum absolute atomic E-state index is 0.0506. The molecule has 0 fully saturated rings. The Kier molecular flexibility index (Phi) is 7.16. The van der Waals surface area contributed by atoms with Crippen LogP contribution in [-0.4, -0.2) is 50.3 Å². The van der Waals surface area contributed by atoms with E-state index in [1.165, 1.54) is 36.5 Å². The first-order valence-corrected chi connectivity index (χ1v) is 9.72. The van der Waals surface area contributed by atoms with Crippen molar-refractivity contribution in [1.29, 1.82) is 0 Å². The number of benzene rings is 1. The predicted molar refractivity (Wildman–Crippen MR) is 99.6 cm³/mol. The average molecular weight is 385 g/mol. The summed E-state index contributed by atoms with van der Waals surface area (Å²) in [5.41, 5.74) is -0.964. The number of ether oxygens (including phenoxy) is 1. The SMILES string of the molecule is CCN(CC)S(=O)(=O)c1ccc(OC)c(NC(=O)C(C)(C)NC(C)=O)c1. The van der Waals surface area contributed by atoms with Gasteiger partial charge in [0.1, 0.15) is 11.3 Å². The molecule has 2 amide bonds. The van der Waals surface area contributed by atoms with E-state index in [1.54, 1.807) is 27.7 Å². The van der Waals surface area contributed by atoms with E-state index in [2.05, 4.69) is 10.6 Å². The summed E-state index contributed by atoms with van der Waals surface area (Å²) in [6, 6.07) is 4.27. The normalized spacial score (nSPS) is 12.0. The molecule has 0 saturated carbocycles. The van der Waals surface area contributed by atoms with Crippen molar-refractivity contribution in [3.05, 3.63) is 18.2 Å². The second kappa shape index (κ2) is 8.50. The lowest BCUT2D eigenvalue weighted by Gasteiger charge is -2.25. The van der Waals surface area contributed by atoms with E-state index in [4.69, 9.17) is 4.74 Å². The van der Waals surface area contributed by atoms with Gasteiger partial charge in [0.25, 0.3) is 0 Å². The number of nitrogens with zero attached hydrogens (tertiary/aromatic N) is 1. The Morgan fingerprint density at radius 3 is 2.23 bits per heavy atom. The van der Waals surface area contributed by atoms with Crippen LogP contribution in [0.2, 0.25) is 0 Å². The molecule has 26 heavy (non-hydrogen) atoms. The van der Waals surface area contributed by atoms with Gasteiger partial charge in [-0.1, -0.05) is 13.8 Å². The van der Waals surface area contributed by atoms with Crippen LogP contribution >= 0.6 is 0 Å². The zero-order valence-corrected chi connectivity index (χ0v) is 16.9. The first kappa shape index (κ1) is 21.9. The maximum atomic E-state index is 12.7. The molecule has 146 valence electrons. The van der Waals surface area contributed by atoms with Gasteiger partial charge in [-0.3, -0.25) is 9.59 Å². The van der Waals surface area contributed by atoms with Gasteiger partial charge in [0.15, 0.2) is 0 Å². The van der Waals surface area contributed by atoms with Crippen molar-refractivity contribution >= 4 is 27.5 Å². The molecule has 1 aromatic rings. The van der Waals surface area contributed by atoms with E-state index in [9.17, 15) is 18.0 Å². The van der Waals surface area contributed by atoms with E-state index in [0.29, 0.717) is 18.8 Å². The van der Waals surface area contributed by atoms with Crippen LogP contribution in [0, 0.1) is 0 Å². The number of hydrogen-bond acceptors (Lipinski definition) is 5. The fraction of sp³-hybridized carbons (Fsp3) is 0.529. The van der Waals surface area contributed by atoms with Crippen LogP contribution in [0.1, 0.15) is 34.6 Å². The summed E-state index contributed by atoms with van der Waals surface area (Å²) in [6.45, 7) is 8.59. The summed E-state index contributed by atoms with van der Waals surface area (Å²) in [7, 11) is -2.26. The number of carbonyl (C=O) groups is 2. The van der Waals surface area contributed by atoms with E-state index in [1.807, 2.05) is 0 Å². The summed E-state index contributed by atoms with van der Waals surface area (Å²) in [5.74, 6) is -0.533. The van der Waals surface area contributed by atoms with E-state index < -0.39 is 21.5 Å². The highest BCUT2D eigenvalue weighted by Gasteiger charge is 2.30. The van der Waals surface area contributed by atoms with Gasteiger partial charge in [-0.05, 0) is 32.0 Å². The van der Waals surface area contributed by atoms with Crippen LogP contribution in [0.15, 0.2) is 23.1 Å². The lowest BCUT2D eigenvalue weighted by Crippen LogP contribution is -2.51. The highest BCUT2D eigenvalue weighted by Crippen LogP contribution is 2.29. The van der Waals surface area contributed by atoms with Gasteiger partial charge >= 0.3 is 0 Å². The van der Waals surface area contributed by atoms with Gasteiger partial charge in [-0.25, -0.2) is 8.42 Å². The zero-order valence-electron chi connectivity index (χ0n) is 16.0. The van der Waals surface area contributed by atoms with Gasteiger partial charge in [-0.15, -0.1) is 0 Å². The fourth-order valence-corrected chi connectivity index (χ4v) is 3.92. The third-order valence-electron chi connectivity index (χ3n) is 3.82. The molecular formula is C17H27N3O5S. The molecule has 0 saturated heterocycles. The maximum Gasteiger partial charge on any atom is 0.249 e. The molecule has 0 heterocycles. The molecule has 9 heteroatoms. The van der Waals surface area contributed by atoms with E-state index in [-0.39, 0.29) is 16.5 Å².